The third-order valence-corrected chi connectivity index (χ3v) is 6.67. The van der Waals surface area contributed by atoms with Crippen molar-refractivity contribution < 1.29 is 34.2 Å². The molecule has 1 fully saturated rings. The normalized spacial score (nSPS) is 22.7. The Morgan fingerprint density at radius 2 is 2.23 bits per heavy atom. The van der Waals surface area contributed by atoms with Gasteiger partial charge in [-0.25, -0.2) is 14.6 Å². The smallest absolute Gasteiger partial charge is 0.409 e. The van der Waals surface area contributed by atoms with Crippen LogP contribution in [0, 0.1) is 0 Å². The number of carbonyl (C=O) groups is 4. The first-order valence-corrected chi connectivity index (χ1v) is 10.4. The summed E-state index contributed by atoms with van der Waals surface area (Å²) in [5.41, 5.74) is 5.40. The van der Waals surface area contributed by atoms with Crippen molar-refractivity contribution in [1.29, 1.82) is 0 Å². The van der Waals surface area contributed by atoms with Crippen LogP contribution in [-0.4, -0.2) is 81.3 Å². The average molecular weight is 470 g/mol. The summed E-state index contributed by atoms with van der Waals surface area (Å²) in [6, 6.07) is 0. The summed E-state index contributed by atoms with van der Waals surface area (Å²) >= 11 is 2.09. The van der Waals surface area contributed by atoms with Gasteiger partial charge in [-0.2, -0.15) is 0 Å². The molecule has 0 radical (unpaired) electrons. The zero-order valence-electron chi connectivity index (χ0n) is 16.3. The summed E-state index contributed by atoms with van der Waals surface area (Å²) in [5, 5.41) is 25.0. The molecule has 0 aromatic carbocycles. The third kappa shape index (κ3) is 4.00. The number of rotatable bonds is 6. The Labute approximate surface area is 183 Å². The van der Waals surface area contributed by atoms with Gasteiger partial charge >= 0.3 is 12.1 Å². The van der Waals surface area contributed by atoms with E-state index in [0.717, 1.165) is 32.9 Å². The fourth-order valence-corrected chi connectivity index (χ4v) is 5.43. The molecule has 1 unspecified atom stereocenters. The molecule has 0 aliphatic carbocycles. The molecule has 3 rings (SSSR count). The fraction of sp³-hybridized carbons (Fsp3) is 0.375. The number of carboxylic acids is 1. The molecule has 1 saturated heterocycles. The van der Waals surface area contributed by atoms with Crippen LogP contribution < -0.4 is 11.1 Å². The van der Waals surface area contributed by atoms with Crippen molar-refractivity contribution in [2.45, 2.75) is 16.7 Å². The molecular formula is C16H18N6O7S2. The van der Waals surface area contributed by atoms with Crippen LogP contribution in [-0.2, 0) is 24.0 Å². The highest BCUT2D eigenvalue weighted by Gasteiger charge is 2.57. The molecule has 13 nitrogen and oxygen atoms in total. The van der Waals surface area contributed by atoms with Crippen LogP contribution >= 0.6 is 23.1 Å². The van der Waals surface area contributed by atoms with Gasteiger partial charge in [0, 0.05) is 25.0 Å². The van der Waals surface area contributed by atoms with Gasteiger partial charge in [-0.15, -0.1) is 11.3 Å². The summed E-state index contributed by atoms with van der Waals surface area (Å²) in [7, 11) is 2.88. The summed E-state index contributed by atoms with van der Waals surface area (Å²) in [5.74, 6) is -2.75. The van der Waals surface area contributed by atoms with Gasteiger partial charge in [0.25, 0.3) is 5.91 Å². The Bertz CT molecular complexity index is 1010. The lowest BCUT2D eigenvalue weighted by atomic mass is 9.97. The number of thiazole rings is 1. The van der Waals surface area contributed by atoms with Crippen LogP contribution in [0.15, 0.2) is 21.8 Å². The number of ether oxygens (including phenoxy) is 1. The van der Waals surface area contributed by atoms with Crippen molar-refractivity contribution in [2.24, 2.45) is 5.16 Å². The van der Waals surface area contributed by atoms with E-state index in [1.165, 1.54) is 19.5 Å². The van der Waals surface area contributed by atoms with Gasteiger partial charge in [-0.05, 0) is 0 Å². The Hall–Kier alpha value is -3.33. The van der Waals surface area contributed by atoms with E-state index in [-0.39, 0.29) is 22.8 Å². The molecule has 0 bridgehead atoms. The van der Waals surface area contributed by atoms with E-state index < -0.39 is 46.4 Å². The van der Waals surface area contributed by atoms with Gasteiger partial charge in [0.2, 0.25) is 5.91 Å². The van der Waals surface area contributed by atoms with Gasteiger partial charge in [0.1, 0.15) is 18.5 Å². The van der Waals surface area contributed by atoms with Crippen LogP contribution in [0.3, 0.4) is 0 Å². The molecule has 0 saturated carbocycles. The highest BCUT2D eigenvalue weighted by Crippen LogP contribution is 2.54. The number of oxime groups is 1. The molecule has 1 aromatic heterocycles. The molecule has 2 aliphatic rings. The van der Waals surface area contributed by atoms with Crippen LogP contribution in [0.4, 0.5) is 9.93 Å². The van der Waals surface area contributed by atoms with Gasteiger partial charge in [-0.1, -0.05) is 16.9 Å². The number of carbonyl (C=O) groups excluding carboxylic acids is 3. The van der Waals surface area contributed by atoms with Gasteiger partial charge in [-0.3, -0.25) is 14.5 Å². The molecule has 1 aromatic rings. The predicted molar refractivity (Wildman–Crippen MR) is 109 cm³/mol. The summed E-state index contributed by atoms with van der Waals surface area (Å²) in [4.78, 5) is 53.5. The van der Waals surface area contributed by atoms with Gasteiger partial charge in [0.05, 0.1) is 17.5 Å². The van der Waals surface area contributed by atoms with Crippen molar-refractivity contribution >= 4 is 58.3 Å². The van der Waals surface area contributed by atoms with E-state index in [9.17, 15) is 24.3 Å². The number of carboxylic acid groups (broad SMARTS) is 1. The third-order valence-electron chi connectivity index (χ3n) is 4.44. The minimum atomic E-state index is -1.66. The largest absolute Gasteiger partial charge is 0.477 e. The summed E-state index contributed by atoms with van der Waals surface area (Å²) < 4.78 is 5.22. The maximum Gasteiger partial charge on any atom is 0.409 e. The molecule has 3 heterocycles. The van der Waals surface area contributed by atoms with Crippen molar-refractivity contribution in [3.05, 3.63) is 22.3 Å². The van der Waals surface area contributed by atoms with Crippen molar-refractivity contribution in [3.8, 4) is 0 Å². The van der Waals surface area contributed by atoms with Crippen LogP contribution in [0.5, 0.6) is 0 Å². The number of anilines is 1. The van der Waals surface area contributed by atoms with E-state index in [4.69, 9.17) is 15.7 Å². The monoisotopic (exact) mass is 470 g/mol. The topological polar surface area (TPSA) is 188 Å². The fourth-order valence-electron chi connectivity index (χ4n) is 3.09. The molecule has 0 spiro atoms. The highest BCUT2D eigenvalue weighted by atomic mass is 32.2. The number of hydrogen-bond donors (Lipinski definition) is 4. The molecule has 3 amide bonds. The van der Waals surface area contributed by atoms with Crippen LogP contribution in [0.2, 0.25) is 0 Å². The number of hydrogen-bond acceptors (Lipinski definition) is 11. The highest BCUT2D eigenvalue weighted by molar-refractivity contribution is 8.01. The minimum Gasteiger partial charge on any atom is -0.477 e. The van der Waals surface area contributed by atoms with Crippen molar-refractivity contribution in [3.63, 3.8) is 0 Å². The van der Waals surface area contributed by atoms with Crippen molar-refractivity contribution in [2.75, 3.05) is 26.4 Å². The average Bonchev–Trinajstić information content (AvgIpc) is 3.12. The number of aliphatic carboxylic acids is 1. The number of β-lactam (4-membered cyclic amide) rings is 1. The predicted octanol–water partition coefficient (Wildman–Crippen LogP) is -0.204. The SMILES string of the molecule is CN(C)C(=O)OCC1=C(C(=O)O)N2C(=O)C[C@@H]2SC1(NC(=O)/C=N\O)c1csc(N)n1. The summed E-state index contributed by atoms with van der Waals surface area (Å²) in [6.45, 7) is -0.573. The number of nitrogens with zero attached hydrogens (tertiary/aromatic N) is 4. The second-order valence-corrected chi connectivity index (χ2v) is 8.89. The number of thioether (sulfide) groups is 1. The number of nitrogens with one attached hydrogen (secondary N) is 1. The zero-order chi connectivity index (χ0) is 22.9. The van der Waals surface area contributed by atoms with E-state index in [2.05, 4.69) is 15.5 Å². The molecule has 31 heavy (non-hydrogen) atoms. The lowest BCUT2D eigenvalue weighted by molar-refractivity contribution is -0.146. The van der Waals surface area contributed by atoms with E-state index in [1.54, 1.807) is 0 Å². The Kier molecular flexibility index (Phi) is 6.08. The number of nitrogens with two attached hydrogens (primary N) is 1. The minimum absolute atomic E-state index is 0.0253. The first-order chi connectivity index (χ1) is 14.6. The van der Waals surface area contributed by atoms with Gasteiger partial charge in [0.15, 0.2) is 10.0 Å². The van der Waals surface area contributed by atoms with E-state index >= 15 is 0 Å². The Balaban J connectivity index is 2.22. The Morgan fingerprint density at radius 1 is 1.52 bits per heavy atom. The molecule has 2 atom stereocenters. The van der Waals surface area contributed by atoms with E-state index in [0.29, 0.717) is 6.21 Å². The zero-order valence-corrected chi connectivity index (χ0v) is 17.9. The van der Waals surface area contributed by atoms with E-state index in [1.807, 2.05) is 0 Å². The van der Waals surface area contributed by atoms with Crippen LogP contribution in [0.25, 0.3) is 0 Å². The number of fused-ring (bicyclic) bond motifs is 1. The maximum absolute atomic E-state index is 12.4. The standard InChI is InChI=1S/C16H18N6O7S2/c1-21(2)15(27)29-5-7-12(13(25)26)22-10(24)3-11(22)31-16(7,20-9(23)4-18-28)8-6-30-14(17)19-8/h4,6,11,28H,3,5H2,1-2H3,(H2,17,19)(H,20,23)(H,25,26)/b18-4-/t11-,16?/m0/s1. The first-order valence-electron chi connectivity index (χ1n) is 8.62. The first kappa shape index (κ1) is 22.4. The van der Waals surface area contributed by atoms with Crippen LogP contribution in [0.1, 0.15) is 12.1 Å². The lowest BCUT2D eigenvalue weighted by Crippen LogP contribution is -2.61. The Morgan fingerprint density at radius 3 is 2.74 bits per heavy atom. The molecular weight excluding hydrogens is 452 g/mol. The van der Waals surface area contributed by atoms with Crippen molar-refractivity contribution in [1.82, 2.24) is 20.1 Å². The number of nitrogen functional groups attached to an aromatic ring is 1. The second kappa shape index (κ2) is 8.43. The summed E-state index contributed by atoms with van der Waals surface area (Å²) in [6.07, 6.45) is -0.160. The molecule has 15 heteroatoms. The molecule has 5 N–H and O–H groups in total. The lowest BCUT2D eigenvalue weighted by Gasteiger charge is -2.51. The van der Waals surface area contributed by atoms with Gasteiger partial charge < -0.3 is 31.0 Å². The maximum atomic E-state index is 12.4. The second-order valence-electron chi connectivity index (χ2n) is 6.61. The number of aromatic nitrogens is 1. The molecule has 2 aliphatic heterocycles. The quantitative estimate of drug-likeness (QED) is 0.187. The number of amides is 3. The molecule has 166 valence electrons.